The third kappa shape index (κ3) is 13.3. The first kappa shape index (κ1) is 42.7. The van der Waals surface area contributed by atoms with Crippen molar-refractivity contribution in [2.45, 2.75) is 77.3 Å². The van der Waals surface area contributed by atoms with Crippen molar-refractivity contribution in [3.05, 3.63) is 120 Å². The maximum atomic E-state index is 14.1. The largest absolute Gasteiger partial charge is 0.608 e. The average molecular weight is 776 g/mol. The lowest BCUT2D eigenvalue weighted by Crippen LogP contribution is -2.65. The predicted molar refractivity (Wildman–Crippen MR) is 212 cm³/mol. The molecule has 4 aromatic rings. The topological polar surface area (TPSA) is 216 Å². The molecule has 16 nitrogen and oxygen atoms in total. The summed E-state index contributed by atoms with van der Waals surface area (Å²) in [4.78, 5) is 70.6. The van der Waals surface area contributed by atoms with Crippen LogP contribution in [0.5, 0.6) is 0 Å². The summed E-state index contributed by atoms with van der Waals surface area (Å²) < 4.78 is 17.8. The third-order valence-electron chi connectivity index (χ3n) is 8.93. The van der Waals surface area contributed by atoms with Crippen molar-refractivity contribution in [3.8, 4) is 0 Å². The van der Waals surface area contributed by atoms with Crippen LogP contribution in [0.15, 0.2) is 97.8 Å². The number of nitrogens with zero attached hydrogens (tertiary/aromatic N) is 4. The van der Waals surface area contributed by atoms with Crippen molar-refractivity contribution in [1.82, 2.24) is 41.2 Å². The Morgan fingerprint density at radius 2 is 1.00 bits per heavy atom. The fourth-order valence-electron chi connectivity index (χ4n) is 6.31. The maximum absolute atomic E-state index is 14.1. The Hall–Kier alpha value is -5.49. The van der Waals surface area contributed by atoms with Crippen molar-refractivity contribution in [2.24, 2.45) is 11.8 Å². The summed E-state index contributed by atoms with van der Waals surface area (Å²) in [5.41, 5.74) is 1.69. The fourth-order valence-corrected chi connectivity index (χ4v) is 6.31. The van der Waals surface area contributed by atoms with Crippen LogP contribution in [0.25, 0.3) is 0 Å². The van der Waals surface area contributed by atoms with Crippen LogP contribution < -0.4 is 21.3 Å². The number of rotatable bonds is 18. The first-order chi connectivity index (χ1) is 27.4. The Morgan fingerprint density at radius 3 is 1.35 bits per heavy atom. The van der Waals surface area contributed by atoms with Gasteiger partial charge in [0.2, 0.25) is 11.8 Å². The van der Waals surface area contributed by atoms with Gasteiger partial charge in [-0.25, -0.2) is 9.97 Å². The summed E-state index contributed by atoms with van der Waals surface area (Å²) in [5.74, 6) is -3.85. The molecular weight excluding hydrogens is 729 g/mol. The summed E-state index contributed by atoms with van der Waals surface area (Å²) in [5, 5.41) is 22.4. The Bertz CT molecular complexity index is 1760. The zero-order valence-corrected chi connectivity index (χ0v) is 32.4. The van der Waals surface area contributed by atoms with E-state index in [2.05, 4.69) is 41.2 Å². The van der Waals surface area contributed by atoms with Gasteiger partial charge < -0.3 is 40.0 Å². The van der Waals surface area contributed by atoms with Crippen molar-refractivity contribution >= 4 is 45.2 Å². The van der Waals surface area contributed by atoms with E-state index >= 15 is 0 Å². The van der Waals surface area contributed by atoms with Crippen molar-refractivity contribution < 1.29 is 37.9 Å². The Kier molecular flexibility index (Phi) is 15.8. The highest BCUT2D eigenvalue weighted by atomic mass is 16.8. The molecule has 57 heavy (non-hydrogen) atoms. The molecule has 1 saturated heterocycles. The zero-order valence-electron chi connectivity index (χ0n) is 32.4. The molecule has 1 aliphatic heterocycles. The minimum Gasteiger partial charge on any atom is -0.450 e. The number of nitrogens with one attached hydrogen (secondary N) is 4. The standard InChI is InChI=1S/C38H47B3N8O8/c1-25(2)19-33(48-35(50)29(21-27-11-7-5-8-12-27)46-37(52)31-23-42-15-17-44-31)39-55-40(57-41(54)56-39)34(20-26(3)4)49-36(51)30(22-28-13-9-6-10-14-28)47-38(53)32-24-43-16-18-45-32/h5-18,23-26,29-30,33-34,54H,19-22H2,1-4H3,(H,46,52)(H,47,53)(H,48,50)(H,49,51). The highest BCUT2D eigenvalue weighted by Crippen LogP contribution is 2.21. The molecule has 0 radical (unpaired) electrons. The molecule has 4 amide bonds. The molecule has 0 aliphatic carbocycles. The van der Waals surface area contributed by atoms with Crippen LogP contribution in [0.1, 0.15) is 72.6 Å². The fraction of sp³-hybridized carbons (Fsp3) is 0.368. The molecule has 1 aliphatic rings. The number of hydrogen-bond acceptors (Lipinski definition) is 12. The second kappa shape index (κ2) is 21.2. The quantitative estimate of drug-likeness (QED) is 0.0916. The minimum absolute atomic E-state index is 0.0190. The summed E-state index contributed by atoms with van der Waals surface area (Å²) in [6, 6.07) is 16.4. The van der Waals surface area contributed by atoms with Gasteiger partial charge in [-0.1, -0.05) is 88.4 Å². The van der Waals surface area contributed by atoms with Crippen LogP contribution in [-0.4, -0.2) is 94.1 Å². The molecule has 1 fully saturated rings. The number of benzene rings is 2. The lowest BCUT2D eigenvalue weighted by atomic mass is 9.63. The van der Waals surface area contributed by atoms with E-state index in [1.807, 2.05) is 88.4 Å². The van der Waals surface area contributed by atoms with E-state index in [1.54, 1.807) is 0 Å². The van der Waals surface area contributed by atoms with E-state index in [9.17, 15) is 24.2 Å². The zero-order chi connectivity index (χ0) is 40.7. The molecule has 0 saturated carbocycles. The van der Waals surface area contributed by atoms with E-state index in [0.717, 1.165) is 11.1 Å². The Morgan fingerprint density at radius 1 is 0.596 bits per heavy atom. The number of amides is 4. The molecule has 2 aromatic heterocycles. The van der Waals surface area contributed by atoms with E-state index in [-0.39, 0.29) is 36.1 Å². The van der Waals surface area contributed by atoms with E-state index in [1.165, 1.54) is 37.2 Å². The molecular formula is C38H47B3N8O8. The summed E-state index contributed by atoms with van der Waals surface area (Å²) in [6.07, 6.45) is 9.28. The summed E-state index contributed by atoms with van der Waals surface area (Å²) in [6.45, 7) is 7.81. The van der Waals surface area contributed by atoms with Crippen LogP contribution in [0, 0.1) is 11.8 Å². The van der Waals surface area contributed by atoms with Gasteiger partial charge in [-0.15, -0.1) is 0 Å². The molecule has 2 aromatic carbocycles. The van der Waals surface area contributed by atoms with Crippen LogP contribution in [0.3, 0.4) is 0 Å². The van der Waals surface area contributed by atoms with Gasteiger partial charge in [-0.05, 0) is 35.8 Å². The molecule has 19 heteroatoms. The Balaban J connectivity index is 1.35. The highest BCUT2D eigenvalue weighted by molar-refractivity contribution is 6.72. The van der Waals surface area contributed by atoms with Gasteiger partial charge in [-0.2, -0.15) is 0 Å². The smallest absolute Gasteiger partial charge is 0.450 e. The van der Waals surface area contributed by atoms with Crippen molar-refractivity contribution in [2.75, 3.05) is 0 Å². The van der Waals surface area contributed by atoms with Gasteiger partial charge in [0.1, 0.15) is 23.5 Å². The minimum atomic E-state index is -1.78. The monoisotopic (exact) mass is 776 g/mol. The molecule has 0 bridgehead atoms. The molecule has 3 heterocycles. The molecule has 4 atom stereocenters. The van der Waals surface area contributed by atoms with Crippen molar-refractivity contribution in [1.29, 1.82) is 0 Å². The maximum Gasteiger partial charge on any atom is 0.608 e. The number of aromatic nitrogens is 4. The molecule has 5 rings (SSSR count). The van der Waals surface area contributed by atoms with Crippen LogP contribution >= 0.6 is 0 Å². The van der Waals surface area contributed by atoms with Crippen LogP contribution in [0.2, 0.25) is 0 Å². The van der Waals surface area contributed by atoms with Crippen LogP contribution in [0.4, 0.5) is 0 Å². The van der Waals surface area contributed by atoms with Gasteiger partial charge in [0.05, 0.1) is 24.3 Å². The SMILES string of the molecule is CC(C)CC(NC(=O)C(Cc1ccccc1)NC(=O)c1cnccn1)B1OB(O)OB(C(CC(C)C)NC(=O)C(Cc2ccccc2)NC(=O)c2cnccn2)O1. The molecule has 0 spiro atoms. The highest BCUT2D eigenvalue weighted by Gasteiger charge is 2.49. The van der Waals surface area contributed by atoms with Crippen LogP contribution in [-0.2, 0) is 36.1 Å². The summed E-state index contributed by atoms with van der Waals surface area (Å²) >= 11 is 0. The molecule has 5 N–H and O–H groups in total. The normalized spacial score (nSPS) is 15.0. The number of hydrogen-bond donors (Lipinski definition) is 5. The first-order valence-electron chi connectivity index (χ1n) is 18.9. The van der Waals surface area contributed by atoms with Crippen molar-refractivity contribution in [3.63, 3.8) is 0 Å². The molecule has 296 valence electrons. The Labute approximate surface area is 333 Å². The van der Waals surface area contributed by atoms with Gasteiger partial charge in [-0.3, -0.25) is 29.1 Å². The lowest BCUT2D eigenvalue weighted by molar-refractivity contribution is -0.124. The van der Waals surface area contributed by atoms with Gasteiger partial charge in [0.25, 0.3) is 11.8 Å². The lowest BCUT2D eigenvalue weighted by Gasteiger charge is -2.37. The average Bonchev–Trinajstić information content (AvgIpc) is 3.20. The first-order valence-corrected chi connectivity index (χ1v) is 18.9. The van der Waals surface area contributed by atoms with Gasteiger partial charge >= 0.3 is 21.6 Å². The predicted octanol–water partition coefficient (Wildman–Crippen LogP) is 1.81. The van der Waals surface area contributed by atoms with Gasteiger partial charge in [0.15, 0.2) is 0 Å². The number of carbonyl (C=O) groups is 4. The van der Waals surface area contributed by atoms with E-state index in [0.29, 0.717) is 12.8 Å². The van der Waals surface area contributed by atoms with Gasteiger partial charge in [0, 0.05) is 37.6 Å². The second-order valence-corrected chi connectivity index (χ2v) is 14.6. The second-order valence-electron chi connectivity index (χ2n) is 14.6. The number of carbonyl (C=O) groups excluding carboxylic acids is 4. The summed E-state index contributed by atoms with van der Waals surface area (Å²) in [7, 11) is -4.25. The molecule has 4 unspecified atom stereocenters. The third-order valence-corrected chi connectivity index (χ3v) is 8.93. The van der Waals surface area contributed by atoms with E-state index < -0.39 is 69.2 Å². The van der Waals surface area contributed by atoms with E-state index in [4.69, 9.17) is 13.7 Å².